The zero-order valence-electron chi connectivity index (χ0n) is 9.73. The molecule has 0 spiro atoms. The maximum absolute atomic E-state index is 11.5. The van der Waals surface area contributed by atoms with Crippen molar-refractivity contribution in [2.24, 2.45) is 5.73 Å². The van der Waals surface area contributed by atoms with Gasteiger partial charge in [-0.2, -0.15) is 0 Å². The van der Waals surface area contributed by atoms with Crippen molar-refractivity contribution < 1.29 is 9.59 Å². The van der Waals surface area contributed by atoms with Gasteiger partial charge in [-0.3, -0.25) is 9.59 Å². The predicted octanol–water partition coefficient (Wildman–Crippen LogP) is 2.00. The molecule has 5 heteroatoms. The molecule has 2 amide bonds. The SMILES string of the molecule is CCSc1cccc(NC(=O)CCC(N)=O)c1. The van der Waals surface area contributed by atoms with Crippen LogP contribution < -0.4 is 11.1 Å². The third-order valence-electron chi connectivity index (χ3n) is 2.03. The molecule has 0 atom stereocenters. The van der Waals surface area contributed by atoms with Gasteiger partial charge in [-0.15, -0.1) is 11.8 Å². The molecule has 1 aromatic carbocycles. The summed E-state index contributed by atoms with van der Waals surface area (Å²) in [5, 5.41) is 2.74. The van der Waals surface area contributed by atoms with E-state index in [2.05, 4.69) is 12.2 Å². The third-order valence-corrected chi connectivity index (χ3v) is 2.90. The van der Waals surface area contributed by atoms with E-state index in [0.29, 0.717) is 0 Å². The molecule has 92 valence electrons. The van der Waals surface area contributed by atoms with Gasteiger partial charge in [0.1, 0.15) is 0 Å². The summed E-state index contributed by atoms with van der Waals surface area (Å²) >= 11 is 1.71. The van der Waals surface area contributed by atoms with Gasteiger partial charge < -0.3 is 11.1 Å². The van der Waals surface area contributed by atoms with E-state index in [4.69, 9.17) is 5.73 Å². The van der Waals surface area contributed by atoms with Crippen LogP contribution in [0.2, 0.25) is 0 Å². The quantitative estimate of drug-likeness (QED) is 0.761. The Morgan fingerprint density at radius 3 is 2.76 bits per heavy atom. The average Bonchev–Trinajstić information content (AvgIpc) is 2.27. The van der Waals surface area contributed by atoms with Gasteiger partial charge in [0.15, 0.2) is 0 Å². The van der Waals surface area contributed by atoms with E-state index < -0.39 is 5.91 Å². The highest BCUT2D eigenvalue weighted by atomic mass is 32.2. The van der Waals surface area contributed by atoms with Crippen LogP contribution in [-0.4, -0.2) is 17.6 Å². The number of nitrogens with one attached hydrogen (secondary N) is 1. The van der Waals surface area contributed by atoms with Crippen LogP contribution in [0.4, 0.5) is 5.69 Å². The first-order chi connectivity index (χ1) is 8.11. The summed E-state index contributed by atoms with van der Waals surface area (Å²) in [7, 11) is 0. The monoisotopic (exact) mass is 252 g/mol. The Balaban J connectivity index is 2.52. The topological polar surface area (TPSA) is 72.2 Å². The predicted molar refractivity (Wildman–Crippen MR) is 69.9 cm³/mol. The molecule has 0 unspecified atom stereocenters. The molecule has 1 aromatic rings. The summed E-state index contributed by atoms with van der Waals surface area (Å²) in [5.74, 6) is 0.330. The van der Waals surface area contributed by atoms with E-state index in [1.807, 2.05) is 24.3 Å². The lowest BCUT2D eigenvalue weighted by Crippen LogP contribution is -2.17. The van der Waals surface area contributed by atoms with E-state index in [0.717, 1.165) is 16.3 Å². The van der Waals surface area contributed by atoms with Crippen molar-refractivity contribution in [3.05, 3.63) is 24.3 Å². The smallest absolute Gasteiger partial charge is 0.224 e. The van der Waals surface area contributed by atoms with Crippen LogP contribution in [0.15, 0.2) is 29.2 Å². The average molecular weight is 252 g/mol. The molecule has 0 aliphatic heterocycles. The fraction of sp³-hybridized carbons (Fsp3) is 0.333. The van der Waals surface area contributed by atoms with Crippen molar-refractivity contribution in [3.8, 4) is 0 Å². The number of primary amides is 1. The van der Waals surface area contributed by atoms with Crippen molar-refractivity contribution in [2.45, 2.75) is 24.7 Å². The van der Waals surface area contributed by atoms with Crippen LogP contribution in [0, 0.1) is 0 Å². The Morgan fingerprint density at radius 1 is 1.35 bits per heavy atom. The van der Waals surface area contributed by atoms with Crippen molar-refractivity contribution in [1.29, 1.82) is 0 Å². The van der Waals surface area contributed by atoms with Crippen LogP contribution in [0.1, 0.15) is 19.8 Å². The highest BCUT2D eigenvalue weighted by Gasteiger charge is 2.05. The zero-order chi connectivity index (χ0) is 12.7. The minimum absolute atomic E-state index is 0.0786. The number of anilines is 1. The molecule has 0 aliphatic rings. The standard InChI is InChI=1S/C12H16N2O2S/c1-2-17-10-5-3-4-9(8-10)14-12(16)7-6-11(13)15/h3-5,8H,2,6-7H2,1H3,(H2,13,15)(H,14,16). The van der Waals surface area contributed by atoms with Crippen molar-refractivity contribution in [3.63, 3.8) is 0 Å². The molecule has 0 bridgehead atoms. The first kappa shape index (κ1) is 13.6. The molecule has 0 radical (unpaired) electrons. The number of carbonyl (C=O) groups excluding carboxylic acids is 2. The number of carbonyl (C=O) groups is 2. The Labute approximate surface area is 105 Å². The Hall–Kier alpha value is -1.49. The summed E-state index contributed by atoms with van der Waals surface area (Å²) in [6.07, 6.45) is 0.204. The summed E-state index contributed by atoms with van der Waals surface area (Å²) < 4.78 is 0. The van der Waals surface area contributed by atoms with E-state index in [1.54, 1.807) is 11.8 Å². The van der Waals surface area contributed by atoms with Gasteiger partial charge in [-0.05, 0) is 24.0 Å². The number of thioether (sulfide) groups is 1. The Kier molecular flexibility index (Phi) is 5.56. The fourth-order valence-electron chi connectivity index (χ4n) is 1.29. The molecule has 0 fully saturated rings. The molecular weight excluding hydrogens is 236 g/mol. The highest BCUT2D eigenvalue weighted by Crippen LogP contribution is 2.21. The number of rotatable bonds is 6. The molecular formula is C12H16N2O2S. The van der Waals surface area contributed by atoms with E-state index in [1.165, 1.54) is 0 Å². The summed E-state index contributed by atoms with van der Waals surface area (Å²) in [6.45, 7) is 2.07. The second kappa shape index (κ2) is 6.96. The maximum Gasteiger partial charge on any atom is 0.224 e. The molecule has 0 aromatic heterocycles. The maximum atomic E-state index is 11.5. The van der Waals surface area contributed by atoms with Gasteiger partial charge in [0.2, 0.25) is 11.8 Å². The lowest BCUT2D eigenvalue weighted by atomic mass is 10.2. The number of amides is 2. The highest BCUT2D eigenvalue weighted by molar-refractivity contribution is 7.99. The Morgan fingerprint density at radius 2 is 2.12 bits per heavy atom. The van der Waals surface area contributed by atoms with Gasteiger partial charge in [-0.1, -0.05) is 13.0 Å². The molecule has 0 aliphatic carbocycles. The van der Waals surface area contributed by atoms with Gasteiger partial charge in [0, 0.05) is 23.4 Å². The van der Waals surface area contributed by atoms with Crippen LogP contribution in [0.3, 0.4) is 0 Å². The van der Waals surface area contributed by atoms with Gasteiger partial charge in [-0.25, -0.2) is 0 Å². The normalized spacial score (nSPS) is 9.94. The summed E-state index contributed by atoms with van der Waals surface area (Å²) in [4.78, 5) is 23.1. The number of hydrogen-bond acceptors (Lipinski definition) is 3. The minimum atomic E-state index is -0.463. The lowest BCUT2D eigenvalue weighted by Gasteiger charge is -2.06. The van der Waals surface area contributed by atoms with E-state index in [9.17, 15) is 9.59 Å². The first-order valence-electron chi connectivity index (χ1n) is 5.43. The third kappa shape index (κ3) is 5.40. The van der Waals surface area contributed by atoms with Crippen molar-refractivity contribution in [1.82, 2.24) is 0 Å². The lowest BCUT2D eigenvalue weighted by molar-refractivity contribution is -0.122. The number of nitrogens with two attached hydrogens (primary N) is 1. The minimum Gasteiger partial charge on any atom is -0.370 e. The van der Waals surface area contributed by atoms with E-state index >= 15 is 0 Å². The summed E-state index contributed by atoms with van der Waals surface area (Å²) in [5.41, 5.74) is 5.72. The second-order valence-electron chi connectivity index (χ2n) is 3.48. The largest absolute Gasteiger partial charge is 0.370 e. The molecule has 17 heavy (non-hydrogen) atoms. The Bertz CT molecular complexity index is 407. The van der Waals surface area contributed by atoms with Gasteiger partial charge >= 0.3 is 0 Å². The van der Waals surface area contributed by atoms with Crippen LogP contribution >= 0.6 is 11.8 Å². The molecule has 3 N–H and O–H groups in total. The molecule has 0 heterocycles. The number of hydrogen-bond donors (Lipinski definition) is 2. The summed E-state index contributed by atoms with van der Waals surface area (Å²) in [6, 6.07) is 7.62. The zero-order valence-corrected chi connectivity index (χ0v) is 10.5. The van der Waals surface area contributed by atoms with Gasteiger partial charge in [0.25, 0.3) is 0 Å². The van der Waals surface area contributed by atoms with E-state index in [-0.39, 0.29) is 18.7 Å². The molecule has 0 saturated heterocycles. The fourth-order valence-corrected chi connectivity index (χ4v) is 2.01. The first-order valence-corrected chi connectivity index (χ1v) is 6.41. The van der Waals surface area contributed by atoms with Gasteiger partial charge in [0.05, 0.1) is 0 Å². The van der Waals surface area contributed by atoms with Crippen molar-refractivity contribution in [2.75, 3.05) is 11.1 Å². The van der Waals surface area contributed by atoms with Crippen molar-refractivity contribution >= 4 is 29.3 Å². The molecule has 1 rings (SSSR count). The van der Waals surface area contributed by atoms with Crippen LogP contribution in [0.25, 0.3) is 0 Å². The molecule has 4 nitrogen and oxygen atoms in total. The van der Waals surface area contributed by atoms with Crippen LogP contribution in [-0.2, 0) is 9.59 Å². The number of benzene rings is 1. The molecule has 0 saturated carbocycles. The van der Waals surface area contributed by atoms with Crippen LogP contribution in [0.5, 0.6) is 0 Å². The second-order valence-corrected chi connectivity index (χ2v) is 4.81.